The van der Waals surface area contributed by atoms with Crippen LogP contribution in [-0.4, -0.2) is 42.3 Å². The summed E-state index contributed by atoms with van der Waals surface area (Å²) in [6.45, 7) is 1.89. The Kier molecular flexibility index (Phi) is 7.86. The first-order valence-corrected chi connectivity index (χ1v) is 10.4. The van der Waals surface area contributed by atoms with Crippen LogP contribution in [0.5, 0.6) is 17.2 Å². The van der Waals surface area contributed by atoms with E-state index in [4.69, 9.17) is 18.9 Å². The summed E-state index contributed by atoms with van der Waals surface area (Å²) in [6.07, 6.45) is -0.160. The number of benzene rings is 2. The zero-order valence-electron chi connectivity index (χ0n) is 16.8. The first kappa shape index (κ1) is 22.5. The van der Waals surface area contributed by atoms with E-state index in [2.05, 4.69) is 4.72 Å². The topological polar surface area (TPSA) is 100 Å². The second-order valence-corrected chi connectivity index (χ2v) is 7.69. The number of methoxy groups -OCH3 is 3. The van der Waals surface area contributed by atoms with E-state index in [-0.39, 0.29) is 23.7 Å². The quantitative estimate of drug-likeness (QED) is 0.587. The van der Waals surface area contributed by atoms with E-state index in [0.29, 0.717) is 17.1 Å². The molecule has 0 aromatic heterocycles. The molecule has 2 aromatic carbocycles. The number of esters is 1. The Morgan fingerprint density at radius 1 is 0.966 bits per heavy atom. The number of hydrogen-bond donors (Lipinski definition) is 1. The van der Waals surface area contributed by atoms with Crippen LogP contribution in [0, 0.1) is 0 Å². The number of carbonyl (C=O) groups excluding carboxylic acids is 1. The Labute approximate surface area is 170 Å². The van der Waals surface area contributed by atoms with Gasteiger partial charge >= 0.3 is 5.97 Å². The van der Waals surface area contributed by atoms with E-state index >= 15 is 0 Å². The van der Waals surface area contributed by atoms with Crippen molar-refractivity contribution in [2.24, 2.45) is 0 Å². The third kappa shape index (κ3) is 5.85. The maximum absolute atomic E-state index is 13.0. The molecule has 0 aliphatic carbocycles. The van der Waals surface area contributed by atoms with E-state index in [1.165, 1.54) is 39.5 Å². The summed E-state index contributed by atoms with van der Waals surface area (Å²) in [5.74, 6) is 0.793. The van der Waals surface area contributed by atoms with Crippen molar-refractivity contribution in [1.29, 1.82) is 0 Å². The third-order valence-electron chi connectivity index (χ3n) is 4.16. The molecule has 0 heterocycles. The molecule has 0 saturated carbocycles. The SMILES string of the molecule is CCOC(=O)C[C@@H](NS(=O)(=O)c1ccc(OC)c(OC)c1)c1ccc(OC)cc1. The molecule has 1 atom stereocenters. The highest BCUT2D eigenvalue weighted by Crippen LogP contribution is 2.30. The molecule has 0 aliphatic rings. The standard InChI is InChI=1S/C20H25NO7S/c1-5-28-20(22)13-17(14-6-8-15(25-2)9-7-14)21-29(23,24)16-10-11-18(26-3)19(12-16)27-4/h6-12,17,21H,5,13H2,1-4H3/t17-/m1/s1. The Bertz CT molecular complexity index is 926. The number of ether oxygens (including phenoxy) is 4. The van der Waals surface area contributed by atoms with Gasteiger partial charge in [0.05, 0.1) is 45.3 Å². The summed E-state index contributed by atoms with van der Waals surface area (Å²) >= 11 is 0. The lowest BCUT2D eigenvalue weighted by Crippen LogP contribution is -2.30. The van der Waals surface area contributed by atoms with Crippen LogP contribution in [0.3, 0.4) is 0 Å². The predicted molar refractivity (Wildman–Crippen MR) is 107 cm³/mol. The van der Waals surface area contributed by atoms with Crippen LogP contribution in [0.1, 0.15) is 24.9 Å². The second kappa shape index (κ2) is 10.1. The Balaban J connectivity index is 2.36. The number of rotatable bonds is 10. The molecule has 29 heavy (non-hydrogen) atoms. The minimum absolute atomic E-state index is 0.0162. The smallest absolute Gasteiger partial charge is 0.307 e. The van der Waals surface area contributed by atoms with Crippen LogP contribution in [0.15, 0.2) is 47.4 Å². The van der Waals surface area contributed by atoms with Crippen molar-refractivity contribution in [2.45, 2.75) is 24.3 Å². The summed E-state index contributed by atoms with van der Waals surface area (Å²) in [6, 6.07) is 10.2. The van der Waals surface area contributed by atoms with Crippen molar-refractivity contribution in [2.75, 3.05) is 27.9 Å². The molecule has 8 nitrogen and oxygen atoms in total. The van der Waals surface area contributed by atoms with Crippen molar-refractivity contribution >= 4 is 16.0 Å². The molecule has 0 radical (unpaired) electrons. The maximum atomic E-state index is 13.0. The van der Waals surface area contributed by atoms with E-state index < -0.39 is 22.0 Å². The molecule has 9 heteroatoms. The molecule has 1 N–H and O–H groups in total. The van der Waals surface area contributed by atoms with Crippen molar-refractivity contribution in [3.8, 4) is 17.2 Å². The zero-order chi connectivity index (χ0) is 21.4. The van der Waals surface area contributed by atoms with Gasteiger partial charge in [0.15, 0.2) is 11.5 Å². The van der Waals surface area contributed by atoms with E-state index in [0.717, 1.165) is 0 Å². The largest absolute Gasteiger partial charge is 0.497 e. The lowest BCUT2D eigenvalue weighted by atomic mass is 10.0. The van der Waals surface area contributed by atoms with Crippen LogP contribution in [-0.2, 0) is 19.6 Å². The Morgan fingerprint density at radius 2 is 1.62 bits per heavy atom. The molecule has 0 spiro atoms. The van der Waals surface area contributed by atoms with Gasteiger partial charge in [-0.15, -0.1) is 0 Å². The average molecular weight is 423 g/mol. The van der Waals surface area contributed by atoms with Gasteiger partial charge in [0, 0.05) is 6.07 Å². The van der Waals surface area contributed by atoms with E-state index in [1.54, 1.807) is 31.2 Å². The van der Waals surface area contributed by atoms with Crippen LogP contribution < -0.4 is 18.9 Å². The van der Waals surface area contributed by atoms with Crippen molar-refractivity contribution in [3.05, 3.63) is 48.0 Å². The fraction of sp³-hybridized carbons (Fsp3) is 0.350. The summed E-state index contributed by atoms with van der Waals surface area (Å²) < 4.78 is 48.9. The molecule has 0 saturated heterocycles. The van der Waals surface area contributed by atoms with Crippen LogP contribution >= 0.6 is 0 Å². The molecule has 0 bridgehead atoms. The first-order chi connectivity index (χ1) is 13.8. The van der Waals surface area contributed by atoms with Gasteiger partial charge in [0.2, 0.25) is 10.0 Å². The zero-order valence-corrected chi connectivity index (χ0v) is 17.6. The normalized spacial score (nSPS) is 12.1. The number of nitrogens with one attached hydrogen (secondary N) is 1. The molecule has 2 aromatic rings. The number of carbonyl (C=O) groups is 1. The van der Waals surface area contributed by atoms with Crippen LogP contribution in [0.2, 0.25) is 0 Å². The highest BCUT2D eigenvalue weighted by Gasteiger charge is 2.25. The lowest BCUT2D eigenvalue weighted by molar-refractivity contribution is -0.143. The monoisotopic (exact) mass is 423 g/mol. The fourth-order valence-electron chi connectivity index (χ4n) is 2.69. The number of sulfonamides is 1. The van der Waals surface area contributed by atoms with Gasteiger partial charge in [-0.1, -0.05) is 12.1 Å². The summed E-state index contributed by atoms with van der Waals surface area (Å²) in [5.41, 5.74) is 0.600. The Morgan fingerprint density at radius 3 is 2.17 bits per heavy atom. The minimum atomic E-state index is -3.97. The predicted octanol–water partition coefficient (Wildman–Crippen LogP) is 2.69. The van der Waals surface area contributed by atoms with E-state index in [9.17, 15) is 13.2 Å². The van der Waals surface area contributed by atoms with Gasteiger partial charge in [-0.05, 0) is 36.8 Å². The van der Waals surface area contributed by atoms with Crippen molar-refractivity contribution < 1.29 is 32.2 Å². The van der Waals surface area contributed by atoms with Gasteiger partial charge in [0.1, 0.15) is 5.75 Å². The van der Waals surface area contributed by atoms with E-state index in [1.807, 2.05) is 0 Å². The summed E-state index contributed by atoms with van der Waals surface area (Å²) in [4.78, 5) is 12.0. The van der Waals surface area contributed by atoms with Gasteiger partial charge in [-0.25, -0.2) is 13.1 Å². The molecule has 0 fully saturated rings. The van der Waals surface area contributed by atoms with Crippen molar-refractivity contribution in [1.82, 2.24) is 4.72 Å². The summed E-state index contributed by atoms with van der Waals surface area (Å²) in [5, 5.41) is 0. The van der Waals surface area contributed by atoms with Gasteiger partial charge in [-0.2, -0.15) is 0 Å². The average Bonchev–Trinajstić information content (AvgIpc) is 2.72. The number of hydrogen-bond acceptors (Lipinski definition) is 7. The molecule has 0 unspecified atom stereocenters. The highest BCUT2D eigenvalue weighted by molar-refractivity contribution is 7.89. The second-order valence-electron chi connectivity index (χ2n) is 5.97. The van der Waals surface area contributed by atoms with Crippen molar-refractivity contribution in [3.63, 3.8) is 0 Å². The Hall–Kier alpha value is -2.78. The lowest BCUT2D eigenvalue weighted by Gasteiger charge is -2.19. The van der Waals surface area contributed by atoms with Gasteiger partial charge in [-0.3, -0.25) is 4.79 Å². The molecule has 0 aliphatic heterocycles. The molecular weight excluding hydrogens is 398 g/mol. The first-order valence-electron chi connectivity index (χ1n) is 8.88. The minimum Gasteiger partial charge on any atom is -0.497 e. The van der Waals surface area contributed by atoms with Gasteiger partial charge in [0.25, 0.3) is 0 Å². The molecule has 0 amide bonds. The maximum Gasteiger partial charge on any atom is 0.307 e. The van der Waals surface area contributed by atoms with Crippen LogP contribution in [0.4, 0.5) is 0 Å². The summed E-state index contributed by atoms with van der Waals surface area (Å²) in [7, 11) is 0.447. The molecule has 158 valence electrons. The fourth-order valence-corrected chi connectivity index (χ4v) is 3.93. The van der Waals surface area contributed by atoms with Crippen LogP contribution in [0.25, 0.3) is 0 Å². The highest BCUT2D eigenvalue weighted by atomic mass is 32.2. The third-order valence-corrected chi connectivity index (χ3v) is 5.63. The molecular formula is C20H25NO7S. The molecule has 2 rings (SSSR count). The van der Waals surface area contributed by atoms with Gasteiger partial charge < -0.3 is 18.9 Å².